The average Bonchev–Trinajstić information content (AvgIpc) is 2.48. The van der Waals surface area contributed by atoms with E-state index in [-0.39, 0.29) is 18.0 Å². The Morgan fingerprint density at radius 3 is 2.91 bits per heavy atom. The molecule has 9 heteroatoms. The van der Waals surface area contributed by atoms with Crippen molar-refractivity contribution in [1.82, 2.24) is 9.73 Å². The highest BCUT2D eigenvalue weighted by atomic mass is 79.9. The van der Waals surface area contributed by atoms with Crippen molar-refractivity contribution >= 4 is 38.1 Å². The van der Waals surface area contributed by atoms with Crippen LogP contribution in [0.1, 0.15) is 18.4 Å². The number of sulfonamides is 1. The van der Waals surface area contributed by atoms with E-state index in [1.54, 1.807) is 6.07 Å². The lowest BCUT2D eigenvalue weighted by atomic mass is 9.99. The van der Waals surface area contributed by atoms with E-state index in [0.717, 1.165) is 6.26 Å². The molecule has 1 fully saturated rings. The van der Waals surface area contributed by atoms with Gasteiger partial charge in [0.05, 0.1) is 18.4 Å². The standard InChI is InChI=1S/C14H17BrFN3O3S/c1-23(21,22)19-6-2-3-11(9-19)14(20)18-17-8-10-4-5-12(15)7-13(10)16/h4-5,7-8,11H,2-3,6,9H2,1H3,(H,18,20)/b17-8-/t11-/m0/s1. The quantitative estimate of drug-likeness (QED) is 0.611. The van der Waals surface area contributed by atoms with Gasteiger partial charge in [-0.25, -0.2) is 22.5 Å². The summed E-state index contributed by atoms with van der Waals surface area (Å²) in [5, 5.41) is 3.75. The van der Waals surface area contributed by atoms with Gasteiger partial charge in [-0.15, -0.1) is 0 Å². The molecular formula is C14H17BrFN3O3S. The highest BCUT2D eigenvalue weighted by molar-refractivity contribution is 9.10. The van der Waals surface area contributed by atoms with Crippen molar-refractivity contribution in [3.05, 3.63) is 34.1 Å². The van der Waals surface area contributed by atoms with Crippen molar-refractivity contribution in [2.45, 2.75) is 12.8 Å². The maximum Gasteiger partial charge on any atom is 0.244 e. The first-order valence-electron chi connectivity index (χ1n) is 7.00. The fraction of sp³-hybridized carbons (Fsp3) is 0.429. The molecule has 1 aromatic carbocycles. The van der Waals surface area contributed by atoms with Crippen molar-refractivity contribution in [3.63, 3.8) is 0 Å². The van der Waals surface area contributed by atoms with Crippen LogP contribution in [0, 0.1) is 11.7 Å². The molecule has 6 nitrogen and oxygen atoms in total. The molecular weight excluding hydrogens is 389 g/mol. The Kier molecular flexibility index (Phi) is 5.88. The van der Waals surface area contributed by atoms with Crippen molar-refractivity contribution in [1.29, 1.82) is 0 Å². The number of carbonyl (C=O) groups excluding carboxylic acids is 1. The van der Waals surface area contributed by atoms with Gasteiger partial charge >= 0.3 is 0 Å². The summed E-state index contributed by atoms with van der Waals surface area (Å²) in [7, 11) is -3.30. The van der Waals surface area contributed by atoms with E-state index in [9.17, 15) is 17.6 Å². The SMILES string of the molecule is CS(=O)(=O)N1CCC[C@H](C(=O)N/N=C\c2ccc(Br)cc2F)C1. The molecule has 126 valence electrons. The summed E-state index contributed by atoms with van der Waals surface area (Å²) in [6.07, 6.45) is 3.56. The number of hydrazone groups is 1. The lowest BCUT2D eigenvalue weighted by Crippen LogP contribution is -2.44. The van der Waals surface area contributed by atoms with Gasteiger partial charge in [0.15, 0.2) is 0 Å². The fourth-order valence-electron chi connectivity index (χ4n) is 2.32. The Morgan fingerprint density at radius 2 is 2.26 bits per heavy atom. The molecule has 1 saturated heterocycles. The Labute approximate surface area is 142 Å². The van der Waals surface area contributed by atoms with Crippen molar-refractivity contribution < 1.29 is 17.6 Å². The molecule has 0 radical (unpaired) electrons. The summed E-state index contributed by atoms with van der Waals surface area (Å²) in [5.41, 5.74) is 2.59. The van der Waals surface area contributed by atoms with E-state index >= 15 is 0 Å². The summed E-state index contributed by atoms with van der Waals surface area (Å²) in [4.78, 5) is 12.1. The second-order valence-electron chi connectivity index (χ2n) is 5.36. The van der Waals surface area contributed by atoms with Gasteiger partial charge in [0, 0.05) is 23.1 Å². The Morgan fingerprint density at radius 1 is 1.52 bits per heavy atom. The molecule has 0 unspecified atom stereocenters. The second kappa shape index (κ2) is 7.50. The lowest BCUT2D eigenvalue weighted by Gasteiger charge is -2.29. The molecule has 0 bridgehead atoms. The molecule has 23 heavy (non-hydrogen) atoms. The molecule has 0 aliphatic carbocycles. The summed E-state index contributed by atoms with van der Waals surface area (Å²) in [5.74, 6) is -1.28. The molecule has 1 N–H and O–H groups in total. The molecule has 1 heterocycles. The van der Waals surface area contributed by atoms with Crippen LogP contribution in [-0.4, -0.2) is 44.2 Å². The normalized spacial score (nSPS) is 19.9. The van der Waals surface area contributed by atoms with Crippen LogP contribution in [0.2, 0.25) is 0 Å². The van der Waals surface area contributed by atoms with Gasteiger partial charge in [0.1, 0.15) is 5.82 Å². The van der Waals surface area contributed by atoms with Crippen LogP contribution in [0.15, 0.2) is 27.8 Å². The second-order valence-corrected chi connectivity index (χ2v) is 8.26. The van der Waals surface area contributed by atoms with Crippen molar-refractivity contribution in [3.8, 4) is 0 Å². The average molecular weight is 406 g/mol. The summed E-state index contributed by atoms with van der Waals surface area (Å²) >= 11 is 3.15. The van der Waals surface area contributed by atoms with Crippen LogP contribution < -0.4 is 5.43 Å². The number of amides is 1. The number of hydrogen-bond acceptors (Lipinski definition) is 4. The van der Waals surface area contributed by atoms with E-state index in [1.807, 2.05) is 0 Å². The number of nitrogens with zero attached hydrogens (tertiary/aromatic N) is 2. The number of piperidine rings is 1. The monoisotopic (exact) mass is 405 g/mol. The molecule has 1 amide bonds. The van der Waals surface area contributed by atoms with Gasteiger partial charge < -0.3 is 0 Å². The maximum atomic E-state index is 13.6. The zero-order valence-electron chi connectivity index (χ0n) is 12.5. The van der Waals surface area contributed by atoms with E-state index in [2.05, 4.69) is 26.5 Å². The largest absolute Gasteiger partial charge is 0.273 e. The Balaban J connectivity index is 1.95. The van der Waals surface area contributed by atoms with Crippen LogP contribution >= 0.6 is 15.9 Å². The number of halogens is 2. The van der Waals surface area contributed by atoms with Crippen molar-refractivity contribution in [2.24, 2.45) is 11.0 Å². The molecule has 1 atom stereocenters. The summed E-state index contributed by atoms with van der Waals surface area (Å²) in [6.45, 7) is 0.572. The third kappa shape index (κ3) is 5.08. The van der Waals surface area contributed by atoms with Gasteiger partial charge in [0.2, 0.25) is 15.9 Å². The van der Waals surface area contributed by atoms with Gasteiger partial charge in [0.25, 0.3) is 0 Å². The lowest BCUT2D eigenvalue weighted by molar-refractivity contribution is -0.126. The first-order chi connectivity index (χ1) is 10.8. The van der Waals surface area contributed by atoms with E-state index in [0.29, 0.717) is 23.9 Å². The van der Waals surface area contributed by atoms with Crippen LogP contribution in [0.5, 0.6) is 0 Å². The summed E-state index contributed by atoms with van der Waals surface area (Å²) < 4.78 is 38.6. The molecule has 1 aliphatic heterocycles. The number of benzene rings is 1. The third-order valence-electron chi connectivity index (χ3n) is 3.56. The molecule has 0 aromatic heterocycles. The van der Waals surface area contributed by atoms with Crippen molar-refractivity contribution in [2.75, 3.05) is 19.3 Å². The minimum absolute atomic E-state index is 0.146. The molecule has 0 saturated carbocycles. The van der Waals surface area contributed by atoms with Gasteiger partial charge in [-0.3, -0.25) is 4.79 Å². The number of carbonyl (C=O) groups is 1. The molecule has 1 aromatic rings. The van der Waals surface area contributed by atoms with E-state index in [4.69, 9.17) is 0 Å². The summed E-state index contributed by atoms with van der Waals surface area (Å²) in [6, 6.07) is 4.49. The van der Waals surface area contributed by atoms with Gasteiger partial charge in [-0.05, 0) is 31.0 Å². The van der Waals surface area contributed by atoms with Crippen LogP contribution in [0.25, 0.3) is 0 Å². The minimum atomic E-state index is -3.30. The van der Waals surface area contributed by atoms with Crippen LogP contribution in [0.3, 0.4) is 0 Å². The van der Waals surface area contributed by atoms with Crippen LogP contribution in [0.4, 0.5) is 4.39 Å². The predicted octanol–water partition coefficient (Wildman–Crippen LogP) is 1.71. The topological polar surface area (TPSA) is 78.8 Å². The Hall–Kier alpha value is -1.32. The predicted molar refractivity (Wildman–Crippen MR) is 89.0 cm³/mol. The number of hydrogen-bond donors (Lipinski definition) is 1. The zero-order valence-corrected chi connectivity index (χ0v) is 14.9. The highest BCUT2D eigenvalue weighted by Crippen LogP contribution is 2.19. The Bertz CT molecular complexity index is 724. The molecule has 1 aliphatic rings. The smallest absolute Gasteiger partial charge is 0.244 e. The first kappa shape index (κ1) is 18.0. The third-order valence-corrected chi connectivity index (χ3v) is 5.33. The van der Waals surface area contributed by atoms with E-state index in [1.165, 1.54) is 22.7 Å². The van der Waals surface area contributed by atoms with E-state index < -0.39 is 21.8 Å². The number of nitrogens with one attached hydrogen (secondary N) is 1. The highest BCUT2D eigenvalue weighted by Gasteiger charge is 2.29. The number of rotatable bonds is 4. The van der Waals surface area contributed by atoms with Crippen LogP contribution in [-0.2, 0) is 14.8 Å². The fourth-order valence-corrected chi connectivity index (χ4v) is 3.57. The molecule has 2 rings (SSSR count). The van der Waals surface area contributed by atoms with Gasteiger partial charge in [-0.2, -0.15) is 5.10 Å². The maximum absolute atomic E-state index is 13.6. The minimum Gasteiger partial charge on any atom is -0.273 e. The molecule has 0 spiro atoms. The van der Waals surface area contributed by atoms with Gasteiger partial charge in [-0.1, -0.05) is 15.9 Å². The first-order valence-corrected chi connectivity index (χ1v) is 9.64. The zero-order chi connectivity index (χ0) is 17.0.